The third-order valence-electron chi connectivity index (χ3n) is 3.72. The summed E-state index contributed by atoms with van der Waals surface area (Å²) in [7, 11) is 0. The second kappa shape index (κ2) is 4.15. The van der Waals surface area contributed by atoms with E-state index in [9.17, 15) is 4.39 Å². The predicted octanol–water partition coefficient (Wildman–Crippen LogP) is 3.43. The molecule has 1 aliphatic heterocycles. The van der Waals surface area contributed by atoms with Gasteiger partial charge >= 0.3 is 0 Å². The van der Waals surface area contributed by atoms with Crippen LogP contribution in [0.25, 0.3) is 10.9 Å². The maximum absolute atomic E-state index is 13.2. The van der Waals surface area contributed by atoms with Crippen molar-refractivity contribution in [1.82, 2.24) is 10.3 Å². The highest BCUT2D eigenvalue weighted by atomic mass is 19.1. The van der Waals surface area contributed by atoms with Crippen molar-refractivity contribution in [2.45, 2.75) is 32.2 Å². The molecule has 1 atom stereocenters. The van der Waals surface area contributed by atoms with Gasteiger partial charge in [-0.1, -0.05) is 6.42 Å². The third kappa shape index (κ3) is 1.84. The van der Waals surface area contributed by atoms with Crippen LogP contribution in [0.1, 0.15) is 36.6 Å². The minimum absolute atomic E-state index is 0.179. The molecule has 0 radical (unpaired) electrons. The van der Waals surface area contributed by atoms with Crippen LogP contribution in [0.3, 0.4) is 0 Å². The number of hydrogen-bond acceptors (Lipinski definition) is 1. The molecule has 1 unspecified atom stereocenters. The van der Waals surface area contributed by atoms with Crippen LogP contribution in [-0.4, -0.2) is 11.5 Å². The molecular formula is C14H17FN2. The summed E-state index contributed by atoms with van der Waals surface area (Å²) in [5, 5.41) is 4.66. The number of aromatic amines is 1. The van der Waals surface area contributed by atoms with Crippen LogP contribution < -0.4 is 5.32 Å². The fourth-order valence-electron chi connectivity index (χ4n) is 2.78. The molecule has 2 N–H and O–H groups in total. The van der Waals surface area contributed by atoms with Gasteiger partial charge in [0.2, 0.25) is 0 Å². The molecule has 0 bridgehead atoms. The number of rotatable bonds is 1. The van der Waals surface area contributed by atoms with E-state index < -0.39 is 0 Å². The molecular weight excluding hydrogens is 215 g/mol. The smallest absolute Gasteiger partial charge is 0.125 e. The quantitative estimate of drug-likeness (QED) is 0.774. The molecule has 0 amide bonds. The Labute approximate surface area is 100 Å². The molecule has 0 saturated carbocycles. The third-order valence-corrected chi connectivity index (χ3v) is 3.72. The van der Waals surface area contributed by atoms with Crippen molar-refractivity contribution in [2.75, 3.05) is 6.54 Å². The number of hydrogen-bond donors (Lipinski definition) is 2. The van der Waals surface area contributed by atoms with E-state index in [2.05, 4.69) is 17.2 Å². The van der Waals surface area contributed by atoms with Gasteiger partial charge in [-0.2, -0.15) is 0 Å². The van der Waals surface area contributed by atoms with Crippen LogP contribution in [0.5, 0.6) is 0 Å². The summed E-state index contributed by atoms with van der Waals surface area (Å²) in [6.07, 6.45) is 3.68. The number of benzene rings is 1. The molecule has 1 fully saturated rings. The van der Waals surface area contributed by atoms with Gasteiger partial charge in [0.25, 0.3) is 0 Å². The minimum atomic E-state index is -0.179. The van der Waals surface area contributed by atoms with Gasteiger partial charge in [-0.05, 0) is 50.1 Å². The summed E-state index contributed by atoms with van der Waals surface area (Å²) in [4.78, 5) is 3.37. The molecule has 1 aliphatic rings. The zero-order chi connectivity index (χ0) is 11.8. The van der Waals surface area contributed by atoms with Crippen LogP contribution in [0.4, 0.5) is 4.39 Å². The molecule has 2 nitrogen and oxygen atoms in total. The van der Waals surface area contributed by atoms with E-state index in [0.717, 1.165) is 23.9 Å². The monoisotopic (exact) mass is 232 g/mol. The first-order chi connectivity index (χ1) is 8.25. The Balaban J connectivity index is 2.07. The van der Waals surface area contributed by atoms with Gasteiger partial charge in [0.15, 0.2) is 0 Å². The Hall–Kier alpha value is -1.35. The number of halogens is 1. The zero-order valence-electron chi connectivity index (χ0n) is 10.0. The fourth-order valence-corrected chi connectivity index (χ4v) is 2.78. The molecule has 3 heteroatoms. The van der Waals surface area contributed by atoms with Gasteiger partial charge in [-0.3, -0.25) is 0 Å². The molecule has 1 saturated heterocycles. The summed E-state index contributed by atoms with van der Waals surface area (Å²) in [6, 6.07) is 5.37. The lowest BCUT2D eigenvalue weighted by atomic mass is 9.99. The van der Waals surface area contributed by atoms with Crippen molar-refractivity contribution in [3.8, 4) is 0 Å². The van der Waals surface area contributed by atoms with E-state index in [0.29, 0.717) is 6.04 Å². The van der Waals surface area contributed by atoms with Gasteiger partial charge in [-0.15, -0.1) is 0 Å². The highest BCUT2D eigenvalue weighted by Gasteiger charge is 2.19. The lowest BCUT2D eigenvalue weighted by Gasteiger charge is -2.23. The van der Waals surface area contributed by atoms with Gasteiger partial charge in [0, 0.05) is 22.6 Å². The summed E-state index contributed by atoms with van der Waals surface area (Å²) in [5.41, 5.74) is 3.38. The van der Waals surface area contributed by atoms with Crippen molar-refractivity contribution in [3.05, 3.63) is 35.3 Å². The Kier molecular flexibility index (Phi) is 2.63. The maximum atomic E-state index is 13.2. The van der Waals surface area contributed by atoms with Crippen LogP contribution >= 0.6 is 0 Å². The van der Waals surface area contributed by atoms with Crippen molar-refractivity contribution in [2.24, 2.45) is 0 Å². The van der Waals surface area contributed by atoms with E-state index in [-0.39, 0.29) is 5.82 Å². The number of aryl methyl sites for hydroxylation is 1. The number of H-pyrrole nitrogens is 1. The summed E-state index contributed by atoms with van der Waals surface area (Å²) in [5.74, 6) is -0.179. The molecule has 90 valence electrons. The highest BCUT2D eigenvalue weighted by Crippen LogP contribution is 2.30. The van der Waals surface area contributed by atoms with E-state index >= 15 is 0 Å². The van der Waals surface area contributed by atoms with E-state index in [1.165, 1.54) is 30.2 Å². The average molecular weight is 232 g/mol. The lowest BCUT2D eigenvalue weighted by Crippen LogP contribution is -2.27. The second-order valence-corrected chi connectivity index (χ2v) is 4.86. The molecule has 0 spiro atoms. The molecule has 1 aromatic carbocycles. The Morgan fingerprint density at radius 1 is 1.29 bits per heavy atom. The summed E-state index contributed by atoms with van der Waals surface area (Å²) in [6.45, 7) is 3.19. The second-order valence-electron chi connectivity index (χ2n) is 4.86. The number of piperidine rings is 1. The van der Waals surface area contributed by atoms with Gasteiger partial charge in [0.1, 0.15) is 5.82 Å². The molecule has 2 heterocycles. The van der Waals surface area contributed by atoms with Crippen LogP contribution in [0.15, 0.2) is 18.2 Å². The first kappa shape index (κ1) is 10.8. The summed E-state index contributed by atoms with van der Waals surface area (Å²) < 4.78 is 13.2. The number of aromatic nitrogens is 1. The zero-order valence-corrected chi connectivity index (χ0v) is 10.0. The number of nitrogens with one attached hydrogen (secondary N) is 2. The van der Waals surface area contributed by atoms with Crippen molar-refractivity contribution >= 4 is 10.9 Å². The summed E-state index contributed by atoms with van der Waals surface area (Å²) >= 11 is 0. The maximum Gasteiger partial charge on any atom is 0.125 e. The molecule has 2 aromatic rings. The van der Waals surface area contributed by atoms with Gasteiger partial charge in [-0.25, -0.2) is 4.39 Å². The first-order valence-corrected chi connectivity index (χ1v) is 6.27. The van der Waals surface area contributed by atoms with Gasteiger partial charge < -0.3 is 10.3 Å². The topological polar surface area (TPSA) is 27.8 Å². The Morgan fingerprint density at radius 3 is 2.94 bits per heavy atom. The van der Waals surface area contributed by atoms with E-state index in [1.54, 1.807) is 6.07 Å². The van der Waals surface area contributed by atoms with Crippen molar-refractivity contribution in [3.63, 3.8) is 0 Å². The fraction of sp³-hybridized carbons (Fsp3) is 0.429. The normalized spacial score (nSPS) is 20.9. The average Bonchev–Trinajstić information content (AvgIpc) is 2.67. The predicted molar refractivity (Wildman–Crippen MR) is 67.6 cm³/mol. The van der Waals surface area contributed by atoms with Crippen LogP contribution in [-0.2, 0) is 0 Å². The molecule has 17 heavy (non-hydrogen) atoms. The van der Waals surface area contributed by atoms with Crippen molar-refractivity contribution in [1.29, 1.82) is 0 Å². The first-order valence-electron chi connectivity index (χ1n) is 6.27. The van der Waals surface area contributed by atoms with E-state index in [4.69, 9.17) is 0 Å². The molecule has 1 aromatic heterocycles. The SMILES string of the molecule is Cc1c(C2CCCCN2)[nH]c2cc(F)ccc12. The largest absolute Gasteiger partial charge is 0.357 e. The van der Waals surface area contributed by atoms with E-state index in [1.807, 2.05) is 6.07 Å². The Morgan fingerprint density at radius 2 is 2.18 bits per heavy atom. The highest BCUT2D eigenvalue weighted by molar-refractivity contribution is 5.84. The number of fused-ring (bicyclic) bond motifs is 1. The van der Waals surface area contributed by atoms with Crippen molar-refractivity contribution < 1.29 is 4.39 Å². The molecule has 0 aliphatic carbocycles. The Bertz CT molecular complexity index is 538. The minimum Gasteiger partial charge on any atom is -0.357 e. The standard InChI is InChI=1S/C14H17FN2/c1-9-11-6-5-10(15)8-13(11)17-14(9)12-4-2-3-7-16-12/h5-6,8,12,16-17H,2-4,7H2,1H3. The lowest BCUT2D eigenvalue weighted by molar-refractivity contribution is 0.405. The van der Waals surface area contributed by atoms with Crippen LogP contribution in [0, 0.1) is 12.7 Å². The molecule has 3 rings (SSSR count). The van der Waals surface area contributed by atoms with Gasteiger partial charge in [0.05, 0.1) is 0 Å². The van der Waals surface area contributed by atoms with Crippen LogP contribution in [0.2, 0.25) is 0 Å².